The zero-order valence-corrected chi connectivity index (χ0v) is 20.4. The van der Waals surface area contributed by atoms with Gasteiger partial charge in [0.2, 0.25) is 0 Å². The molecule has 1 unspecified atom stereocenters. The van der Waals surface area contributed by atoms with E-state index in [9.17, 15) is 37.7 Å². The molecular formula is C25H21F4N5O5. The van der Waals surface area contributed by atoms with Crippen molar-refractivity contribution in [2.45, 2.75) is 32.0 Å². The Kier molecular flexibility index (Phi) is 7.47. The smallest absolute Gasteiger partial charge is 0.344 e. The second-order valence-corrected chi connectivity index (χ2v) is 8.87. The number of hydrogen-bond donors (Lipinski definition) is 1. The average Bonchev–Trinajstić information content (AvgIpc) is 3.43. The molecule has 10 nitrogen and oxygen atoms in total. The Morgan fingerprint density at radius 3 is 2.44 bits per heavy atom. The molecule has 2 amide bonds. The summed E-state index contributed by atoms with van der Waals surface area (Å²) in [5.74, 6) is -2.50. The van der Waals surface area contributed by atoms with Gasteiger partial charge in [-0.25, -0.2) is 4.39 Å². The normalized spacial score (nSPS) is 14.2. The number of hydrogen-bond acceptors (Lipinski definition) is 6. The molecule has 1 saturated heterocycles. The number of carbonyl (C=O) groups excluding carboxylic acids is 2. The first-order valence-electron chi connectivity index (χ1n) is 11.7. The van der Waals surface area contributed by atoms with E-state index >= 15 is 4.39 Å². The second-order valence-electron chi connectivity index (χ2n) is 8.87. The minimum Gasteiger partial charge on any atom is -0.344 e. The van der Waals surface area contributed by atoms with E-state index in [1.54, 1.807) is 0 Å². The number of nitro benzene ring substituents is 1. The van der Waals surface area contributed by atoms with Crippen molar-refractivity contribution >= 4 is 17.5 Å². The van der Waals surface area contributed by atoms with E-state index in [0.29, 0.717) is 29.9 Å². The van der Waals surface area contributed by atoms with Crippen molar-refractivity contribution in [3.8, 4) is 5.69 Å². The van der Waals surface area contributed by atoms with Crippen LogP contribution in [0.2, 0.25) is 0 Å². The van der Waals surface area contributed by atoms with Gasteiger partial charge in [-0.05, 0) is 49.6 Å². The number of alkyl halides is 3. The van der Waals surface area contributed by atoms with Crippen molar-refractivity contribution in [3.05, 3.63) is 97.2 Å². The van der Waals surface area contributed by atoms with Crippen LogP contribution in [0, 0.1) is 15.9 Å². The molecule has 4 rings (SSSR count). The van der Waals surface area contributed by atoms with Gasteiger partial charge in [0, 0.05) is 31.3 Å². The van der Waals surface area contributed by atoms with Crippen LogP contribution in [0.15, 0.2) is 53.3 Å². The number of nitrogens with one attached hydrogen (secondary N) is 1. The highest BCUT2D eigenvalue weighted by molar-refractivity contribution is 5.95. The van der Waals surface area contributed by atoms with Crippen LogP contribution in [-0.4, -0.2) is 44.5 Å². The molecule has 14 heteroatoms. The molecule has 0 saturated carbocycles. The fourth-order valence-corrected chi connectivity index (χ4v) is 4.15. The summed E-state index contributed by atoms with van der Waals surface area (Å²) in [7, 11) is 0. The number of carbonyl (C=O) groups is 2. The number of amides is 2. The van der Waals surface area contributed by atoms with Gasteiger partial charge in [0.15, 0.2) is 5.82 Å². The van der Waals surface area contributed by atoms with Gasteiger partial charge in [-0.2, -0.15) is 23.0 Å². The largest absolute Gasteiger partial charge is 0.416 e. The summed E-state index contributed by atoms with van der Waals surface area (Å²) >= 11 is 0. The molecular weight excluding hydrogens is 526 g/mol. The van der Waals surface area contributed by atoms with Crippen LogP contribution in [0.25, 0.3) is 5.69 Å². The highest BCUT2D eigenvalue weighted by Gasteiger charge is 2.33. The number of non-ortho nitro benzene ring substituents is 1. The Morgan fingerprint density at radius 1 is 1.10 bits per heavy atom. The lowest BCUT2D eigenvalue weighted by atomic mass is 10.0. The fraction of sp³-hybridized carbons (Fsp3) is 0.280. The summed E-state index contributed by atoms with van der Waals surface area (Å²) in [6.45, 7) is 2.26. The summed E-state index contributed by atoms with van der Waals surface area (Å²) < 4.78 is 55.7. The van der Waals surface area contributed by atoms with E-state index in [4.69, 9.17) is 0 Å². The summed E-state index contributed by atoms with van der Waals surface area (Å²) in [6, 6.07) is 6.63. The Bertz CT molecular complexity index is 1520. The standard InChI is InChI=1S/C25H21F4N5O5/c1-14(15-11-16(25(27,28)29)13-17(12-15)34(38)39)30-23(36)19-7-8-21(35)33(31-19)20-6-4-5-18(22(20)26)24(37)32-9-2-3-10-32/h4-8,11-14H,2-3,9-10H2,1H3,(H,30,36). The van der Waals surface area contributed by atoms with Crippen LogP contribution in [-0.2, 0) is 6.18 Å². The molecule has 0 aliphatic carbocycles. The van der Waals surface area contributed by atoms with Crippen molar-refractivity contribution in [2.75, 3.05) is 13.1 Å². The van der Waals surface area contributed by atoms with E-state index in [0.717, 1.165) is 31.0 Å². The number of halogens is 4. The molecule has 39 heavy (non-hydrogen) atoms. The topological polar surface area (TPSA) is 127 Å². The molecule has 0 radical (unpaired) electrons. The lowest BCUT2D eigenvalue weighted by Gasteiger charge is -2.17. The summed E-state index contributed by atoms with van der Waals surface area (Å²) in [5.41, 5.74) is -4.11. The maximum atomic E-state index is 15.3. The van der Waals surface area contributed by atoms with Gasteiger partial charge < -0.3 is 10.2 Å². The average molecular weight is 547 g/mol. The van der Waals surface area contributed by atoms with Gasteiger partial charge >= 0.3 is 6.18 Å². The Morgan fingerprint density at radius 2 is 1.79 bits per heavy atom. The summed E-state index contributed by atoms with van der Waals surface area (Å²) in [6.07, 6.45) is -3.29. The fourth-order valence-electron chi connectivity index (χ4n) is 4.15. The molecule has 1 N–H and O–H groups in total. The molecule has 2 aromatic carbocycles. The predicted octanol–water partition coefficient (Wildman–Crippen LogP) is 4.03. The van der Waals surface area contributed by atoms with E-state index in [1.165, 1.54) is 30.0 Å². The zero-order chi connectivity index (χ0) is 28.5. The van der Waals surface area contributed by atoms with Crippen LogP contribution in [0.4, 0.5) is 23.2 Å². The molecule has 2 heterocycles. The number of rotatable bonds is 6. The van der Waals surface area contributed by atoms with Crippen molar-refractivity contribution in [3.63, 3.8) is 0 Å². The summed E-state index contributed by atoms with van der Waals surface area (Å²) in [5, 5.41) is 17.4. The van der Waals surface area contributed by atoms with E-state index in [-0.39, 0.29) is 16.8 Å². The number of nitro groups is 1. The van der Waals surface area contributed by atoms with Crippen molar-refractivity contribution < 1.29 is 32.1 Å². The van der Waals surface area contributed by atoms with Crippen LogP contribution in [0.3, 0.4) is 0 Å². The van der Waals surface area contributed by atoms with E-state index in [2.05, 4.69) is 10.4 Å². The van der Waals surface area contributed by atoms with Gasteiger partial charge in [0.1, 0.15) is 11.4 Å². The van der Waals surface area contributed by atoms with Crippen molar-refractivity contribution in [2.24, 2.45) is 0 Å². The highest BCUT2D eigenvalue weighted by atomic mass is 19.4. The monoisotopic (exact) mass is 547 g/mol. The van der Waals surface area contributed by atoms with Gasteiger partial charge in [0.05, 0.1) is 22.1 Å². The third-order valence-electron chi connectivity index (χ3n) is 6.19. The van der Waals surface area contributed by atoms with Gasteiger partial charge in [-0.1, -0.05) is 6.07 Å². The first-order valence-corrected chi connectivity index (χ1v) is 11.7. The first-order chi connectivity index (χ1) is 18.4. The van der Waals surface area contributed by atoms with Gasteiger partial charge in [0.25, 0.3) is 23.1 Å². The lowest BCUT2D eigenvalue weighted by Crippen LogP contribution is -2.32. The predicted molar refractivity (Wildman–Crippen MR) is 129 cm³/mol. The van der Waals surface area contributed by atoms with Gasteiger partial charge in [-0.15, -0.1) is 0 Å². The highest BCUT2D eigenvalue weighted by Crippen LogP contribution is 2.34. The van der Waals surface area contributed by atoms with Gasteiger partial charge in [-0.3, -0.25) is 24.5 Å². The Balaban J connectivity index is 1.63. The molecule has 3 aromatic rings. The van der Waals surface area contributed by atoms with Crippen molar-refractivity contribution in [1.29, 1.82) is 0 Å². The third kappa shape index (κ3) is 5.78. The quantitative estimate of drug-likeness (QED) is 0.282. The molecule has 1 aromatic heterocycles. The molecule has 0 bridgehead atoms. The third-order valence-corrected chi connectivity index (χ3v) is 6.19. The number of aromatic nitrogens is 2. The minimum atomic E-state index is -4.86. The van der Waals surface area contributed by atoms with Crippen LogP contribution >= 0.6 is 0 Å². The van der Waals surface area contributed by atoms with Crippen molar-refractivity contribution in [1.82, 2.24) is 20.0 Å². The number of benzene rings is 2. The second kappa shape index (κ2) is 10.6. The molecule has 0 spiro atoms. The maximum Gasteiger partial charge on any atom is 0.416 e. The first kappa shape index (κ1) is 27.4. The zero-order valence-electron chi connectivity index (χ0n) is 20.4. The van der Waals surface area contributed by atoms with Crippen LogP contribution in [0.1, 0.15) is 57.8 Å². The SMILES string of the molecule is CC(NC(=O)c1ccc(=O)n(-c2cccc(C(=O)N3CCCC3)c2F)n1)c1cc([N+](=O)[O-])cc(C(F)(F)F)c1. The van der Waals surface area contributed by atoms with E-state index < -0.39 is 57.3 Å². The lowest BCUT2D eigenvalue weighted by molar-refractivity contribution is -0.385. The molecule has 1 aliphatic heterocycles. The Labute approximate surface area is 218 Å². The molecule has 204 valence electrons. The van der Waals surface area contributed by atoms with E-state index in [1.807, 2.05) is 0 Å². The molecule has 1 atom stereocenters. The maximum absolute atomic E-state index is 15.3. The van der Waals surface area contributed by atoms with Crippen LogP contribution < -0.4 is 10.9 Å². The minimum absolute atomic E-state index is 0.197. The molecule has 1 aliphatic rings. The van der Waals surface area contributed by atoms with Crippen LogP contribution in [0.5, 0.6) is 0 Å². The molecule has 1 fully saturated rings. The number of likely N-dealkylation sites (tertiary alicyclic amines) is 1. The number of nitrogens with zero attached hydrogens (tertiary/aromatic N) is 4. The Hall–Kier alpha value is -4.62. The summed E-state index contributed by atoms with van der Waals surface area (Å²) in [4.78, 5) is 49.7.